The summed E-state index contributed by atoms with van der Waals surface area (Å²) < 4.78 is 11.2. The fourth-order valence-corrected chi connectivity index (χ4v) is 6.37. The van der Waals surface area contributed by atoms with Crippen LogP contribution in [0, 0.1) is 0 Å². The minimum atomic E-state index is -1.49. The maximum Gasteiger partial charge on any atom is 0.333 e. The van der Waals surface area contributed by atoms with Gasteiger partial charge in [-0.05, 0) is 38.4 Å². The summed E-state index contributed by atoms with van der Waals surface area (Å²) in [5.41, 5.74) is 0.474. The number of carbonyl (C=O) groups excluding carboxylic acids is 1. The Bertz CT molecular complexity index is 283. The van der Waals surface area contributed by atoms with Crippen molar-refractivity contribution in [1.29, 1.82) is 0 Å². The summed E-state index contributed by atoms with van der Waals surface area (Å²) in [7, 11) is -1.49. The Morgan fingerprint density at radius 3 is 2.30 bits per heavy atom. The molecule has 0 saturated carbocycles. The third kappa shape index (κ3) is 7.85. The van der Waals surface area contributed by atoms with Gasteiger partial charge in [0.25, 0.3) is 0 Å². The molecule has 0 radical (unpaired) electrons. The maximum absolute atomic E-state index is 11.2. The van der Waals surface area contributed by atoms with Gasteiger partial charge < -0.3 is 9.16 Å². The van der Waals surface area contributed by atoms with E-state index in [9.17, 15) is 4.79 Å². The summed E-state index contributed by atoms with van der Waals surface area (Å²) in [5.74, 6) is -0.275. The van der Waals surface area contributed by atoms with Crippen molar-refractivity contribution < 1.29 is 14.0 Å². The van der Waals surface area contributed by atoms with Crippen LogP contribution in [0.4, 0.5) is 0 Å². The molecular formula is C16H32O3Si. The van der Waals surface area contributed by atoms with E-state index in [4.69, 9.17) is 9.16 Å². The molecule has 1 unspecified atom stereocenters. The van der Waals surface area contributed by atoms with Crippen molar-refractivity contribution in [3.05, 3.63) is 12.2 Å². The number of rotatable bonds is 12. The third-order valence-corrected chi connectivity index (χ3v) is 8.52. The molecule has 20 heavy (non-hydrogen) atoms. The van der Waals surface area contributed by atoms with Gasteiger partial charge in [0.05, 0.1) is 6.61 Å². The second-order valence-corrected chi connectivity index (χ2v) is 9.81. The topological polar surface area (TPSA) is 35.5 Å². The van der Waals surface area contributed by atoms with Gasteiger partial charge in [-0.25, -0.2) is 4.79 Å². The van der Waals surface area contributed by atoms with E-state index in [1.807, 2.05) is 0 Å². The Kier molecular flexibility index (Phi) is 10.8. The van der Waals surface area contributed by atoms with Crippen molar-refractivity contribution in [3.63, 3.8) is 0 Å². The maximum atomic E-state index is 11.2. The Labute approximate surface area is 125 Å². The first-order valence-corrected chi connectivity index (χ1v) is 10.5. The van der Waals surface area contributed by atoms with Gasteiger partial charge >= 0.3 is 5.97 Å². The zero-order valence-electron chi connectivity index (χ0n) is 13.8. The van der Waals surface area contributed by atoms with Gasteiger partial charge in [0.1, 0.15) is 0 Å². The second kappa shape index (κ2) is 11.1. The summed E-state index contributed by atoms with van der Waals surface area (Å²) in [5, 5.41) is 0. The van der Waals surface area contributed by atoms with Gasteiger partial charge in [-0.2, -0.15) is 0 Å². The Balaban J connectivity index is 3.89. The molecule has 118 valence electrons. The molecule has 0 amide bonds. The van der Waals surface area contributed by atoms with Crippen molar-refractivity contribution in [1.82, 2.24) is 0 Å². The Morgan fingerprint density at radius 2 is 1.80 bits per heavy atom. The van der Waals surface area contributed by atoms with Crippen molar-refractivity contribution in [2.45, 2.75) is 71.5 Å². The van der Waals surface area contributed by atoms with Gasteiger partial charge in [0.15, 0.2) is 8.32 Å². The van der Waals surface area contributed by atoms with E-state index in [1.54, 1.807) is 6.92 Å². The fraction of sp³-hybridized carbons (Fsp3) is 0.812. The molecule has 0 spiro atoms. The Hall–Kier alpha value is -0.613. The van der Waals surface area contributed by atoms with Crippen LogP contribution in [0.15, 0.2) is 12.2 Å². The van der Waals surface area contributed by atoms with E-state index in [-0.39, 0.29) is 5.97 Å². The van der Waals surface area contributed by atoms with Gasteiger partial charge in [-0.3, -0.25) is 0 Å². The summed E-state index contributed by atoms with van der Waals surface area (Å²) in [4.78, 5) is 11.2. The summed E-state index contributed by atoms with van der Waals surface area (Å²) in [6, 6.07) is 3.71. The average molecular weight is 301 g/mol. The second-order valence-electron chi connectivity index (χ2n) is 5.45. The summed E-state index contributed by atoms with van der Waals surface area (Å²) in [6.45, 7) is 13.2. The molecule has 0 aromatic heterocycles. The van der Waals surface area contributed by atoms with Crippen LogP contribution >= 0.6 is 0 Å². The fourth-order valence-electron chi connectivity index (χ4n) is 2.50. The molecule has 0 bridgehead atoms. The number of unbranched alkanes of at least 4 members (excludes halogenated alkanes) is 2. The largest absolute Gasteiger partial charge is 0.462 e. The van der Waals surface area contributed by atoms with Crippen LogP contribution in [0.2, 0.25) is 18.1 Å². The highest BCUT2D eigenvalue weighted by atomic mass is 28.4. The highest BCUT2D eigenvalue weighted by molar-refractivity contribution is 6.73. The molecule has 3 nitrogen and oxygen atoms in total. The predicted octanol–water partition coefficient (Wildman–Crippen LogP) is 4.69. The highest BCUT2D eigenvalue weighted by Gasteiger charge is 2.30. The average Bonchev–Trinajstić information content (AvgIpc) is 2.42. The van der Waals surface area contributed by atoms with Crippen LogP contribution in [-0.4, -0.2) is 27.5 Å². The van der Waals surface area contributed by atoms with Gasteiger partial charge in [-0.15, -0.1) is 0 Å². The van der Waals surface area contributed by atoms with Crippen molar-refractivity contribution in [2.75, 3.05) is 13.2 Å². The highest BCUT2D eigenvalue weighted by Crippen LogP contribution is 2.26. The molecule has 0 aromatic rings. The summed E-state index contributed by atoms with van der Waals surface area (Å²) >= 11 is 0. The van der Waals surface area contributed by atoms with Gasteiger partial charge in [0.2, 0.25) is 0 Å². The smallest absolute Gasteiger partial charge is 0.333 e. The number of esters is 1. The van der Waals surface area contributed by atoms with E-state index in [1.165, 1.54) is 31.0 Å². The van der Waals surface area contributed by atoms with E-state index in [2.05, 4.69) is 27.4 Å². The molecule has 0 aliphatic carbocycles. The lowest BCUT2D eigenvalue weighted by molar-refractivity contribution is -0.139. The van der Waals surface area contributed by atoms with Crippen LogP contribution in [0.5, 0.6) is 0 Å². The first-order chi connectivity index (χ1) is 9.51. The number of ether oxygens (including phenoxy) is 1. The van der Waals surface area contributed by atoms with Crippen molar-refractivity contribution in [2.24, 2.45) is 0 Å². The normalized spacial score (nSPS) is 13.8. The van der Waals surface area contributed by atoms with Crippen LogP contribution in [0.1, 0.15) is 53.4 Å². The predicted molar refractivity (Wildman–Crippen MR) is 87.4 cm³/mol. The third-order valence-electron chi connectivity index (χ3n) is 3.66. The number of hydrogen-bond acceptors (Lipinski definition) is 3. The zero-order valence-corrected chi connectivity index (χ0v) is 14.8. The van der Waals surface area contributed by atoms with Gasteiger partial charge in [0, 0.05) is 12.2 Å². The molecule has 0 rings (SSSR count). The molecular weight excluding hydrogens is 268 g/mol. The van der Waals surface area contributed by atoms with Crippen LogP contribution < -0.4 is 0 Å². The van der Waals surface area contributed by atoms with Crippen LogP contribution in [-0.2, 0) is 14.0 Å². The van der Waals surface area contributed by atoms with Gasteiger partial charge in [-0.1, -0.05) is 39.7 Å². The van der Waals surface area contributed by atoms with Crippen molar-refractivity contribution >= 4 is 14.3 Å². The van der Waals surface area contributed by atoms with Crippen LogP contribution in [0.3, 0.4) is 0 Å². The molecule has 1 atom stereocenters. The monoisotopic (exact) mass is 300 g/mol. The van der Waals surface area contributed by atoms with E-state index in [0.717, 1.165) is 19.4 Å². The standard InChI is InChI=1S/C16H32O3Si/c1-6-13-20(8-3,19-7-2)14-11-9-10-12-18-16(17)15(4)5/h4,6-14H2,1-3,5H3. The quantitative estimate of drug-likeness (QED) is 0.227. The first-order valence-electron chi connectivity index (χ1n) is 7.98. The minimum absolute atomic E-state index is 0.275. The van der Waals surface area contributed by atoms with E-state index in [0.29, 0.717) is 12.2 Å². The number of carbonyl (C=O) groups is 1. The first kappa shape index (κ1) is 19.4. The lowest BCUT2D eigenvalue weighted by Crippen LogP contribution is -2.37. The Morgan fingerprint density at radius 1 is 1.10 bits per heavy atom. The minimum Gasteiger partial charge on any atom is -0.462 e. The molecule has 0 heterocycles. The molecule has 0 saturated heterocycles. The van der Waals surface area contributed by atoms with Crippen molar-refractivity contribution in [3.8, 4) is 0 Å². The van der Waals surface area contributed by atoms with E-state index >= 15 is 0 Å². The zero-order chi connectivity index (χ0) is 15.4. The summed E-state index contributed by atoms with van der Waals surface area (Å²) in [6.07, 6.45) is 4.45. The lowest BCUT2D eigenvalue weighted by atomic mass is 10.3. The molecule has 0 aromatic carbocycles. The molecule has 0 fully saturated rings. The lowest BCUT2D eigenvalue weighted by Gasteiger charge is -2.29. The number of hydrogen-bond donors (Lipinski definition) is 0. The molecule has 0 N–H and O–H groups in total. The van der Waals surface area contributed by atoms with Crippen LogP contribution in [0.25, 0.3) is 0 Å². The molecule has 0 aliphatic rings. The van der Waals surface area contributed by atoms with E-state index < -0.39 is 8.32 Å². The SMILES string of the molecule is C=C(C)C(=O)OCCCCC[Si](CC)(CCC)OCC. The molecule has 4 heteroatoms. The molecule has 0 aliphatic heterocycles.